The van der Waals surface area contributed by atoms with E-state index in [1.165, 1.54) is 31.2 Å². The van der Waals surface area contributed by atoms with Crippen LogP contribution in [0.5, 0.6) is 0 Å². The van der Waals surface area contributed by atoms with Crippen LogP contribution >= 0.6 is 12.6 Å². The van der Waals surface area contributed by atoms with Crippen molar-refractivity contribution < 1.29 is 4.79 Å². The summed E-state index contributed by atoms with van der Waals surface area (Å²) in [6.07, 6.45) is 5.86. The van der Waals surface area contributed by atoms with Gasteiger partial charge in [-0.15, -0.1) is 12.6 Å². The van der Waals surface area contributed by atoms with Crippen LogP contribution < -0.4 is 10.3 Å². The van der Waals surface area contributed by atoms with Crippen LogP contribution in [-0.2, 0) is 5.41 Å². The van der Waals surface area contributed by atoms with Gasteiger partial charge in [0.15, 0.2) is 0 Å². The van der Waals surface area contributed by atoms with E-state index in [2.05, 4.69) is 59.2 Å². The molecule has 0 unspecified atom stereocenters. The maximum Gasteiger partial charge on any atom is 0.323 e. The molecular formula is C24H37N5OS. The minimum atomic E-state index is 0.0862. The molecule has 1 aromatic carbocycles. The summed E-state index contributed by atoms with van der Waals surface area (Å²) in [7, 11) is 3.68. The third-order valence-electron chi connectivity index (χ3n) is 7.46. The molecule has 0 aromatic heterocycles. The topological polar surface area (TPSA) is 42.1 Å². The normalized spacial score (nSPS) is 23.0. The number of amides is 2. The summed E-state index contributed by atoms with van der Waals surface area (Å²) < 4.78 is 0. The van der Waals surface area contributed by atoms with Crippen molar-refractivity contribution in [1.82, 2.24) is 20.2 Å². The lowest BCUT2D eigenvalue weighted by Gasteiger charge is -2.50. The molecular weight excluding hydrogens is 406 g/mol. The number of carbonyl (C=O) groups is 1. The summed E-state index contributed by atoms with van der Waals surface area (Å²) in [5.41, 5.74) is 7.24. The number of rotatable bonds is 3. The first-order valence-electron chi connectivity index (χ1n) is 11.6. The van der Waals surface area contributed by atoms with Crippen molar-refractivity contribution in [3.05, 3.63) is 40.9 Å². The summed E-state index contributed by atoms with van der Waals surface area (Å²) in [6, 6.07) is 9.37. The first kappa shape index (κ1) is 22.5. The van der Waals surface area contributed by atoms with Gasteiger partial charge in [0.25, 0.3) is 0 Å². The molecule has 4 rings (SSSR count). The number of carbonyl (C=O) groups excluding carboxylic acids is 1. The Hall–Kier alpha value is -1.70. The molecule has 170 valence electrons. The molecule has 3 heterocycles. The lowest BCUT2D eigenvalue weighted by Crippen LogP contribution is -2.54. The molecule has 1 spiro atoms. The zero-order valence-electron chi connectivity index (χ0n) is 19.2. The lowest BCUT2D eigenvalue weighted by atomic mass is 9.67. The SMILES string of the molecule is C/C(=C/S)NN1CCC(N2CCC3(CCN(C(=O)N(C)C)c4ccccc43)CC2)CC1. The zero-order valence-corrected chi connectivity index (χ0v) is 20.1. The fraction of sp³-hybridized carbons (Fsp3) is 0.625. The minimum Gasteiger partial charge on any atom is -0.330 e. The van der Waals surface area contributed by atoms with Crippen LogP contribution in [0, 0.1) is 0 Å². The van der Waals surface area contributed by atoms with Crippen LogP contribution in [0.25, 0.3) is 0 Å². The highest BCUT2D eigenvalue weighted by atomic mass is 32.1. The van der Waals surface area contributed by atoms with Crippen molar-refractivity contribution in [2.24, 2.45) is 0 Å². The molecule has 0 radical (unpaired) electrons. The Morgan fingerprint density at radius 1 is 1.10 bits per heavy atom. The van der Waals surface area contributed by atoms with E-state index in [0.29, 0.717) is 6.04 Å². The van der Waals surface area contributed by atoms with Crippen LogP contribution in [0.4, 0.5) is 10.5 Å². The van der Waals surface area contributed by atoms with Gasteiger partial charge in [0.1, 0.15) is 0 Å². The van der Waals surface area contributed by atoms with E-state index < -0.39 is 0 Å². The smallest absolute Gasteiger partial charge is 0.323 e. The average molecular weight is 444 g/mol. The maximum absolute atomic E-state index is 12.7. The van der Waals surface area contributed by atoms with Crippen molar-refractivity contribution in [1.29, 1.82) is 0 Å². The van der Waals surface area contributed by atoms with Gasteiger partial charge in [-0.25, -0.2) is 9.80 Å². The van der Waals surface area contributed by atoms with Crippen LogP contribution in [0.2, 0.25) is 0 Å². The number of anilines is 1. The molecule has 0 atom stereocenters. The molecule has 7 heteroatoms. The number of fused-ring (bicyclic) bond motifs is 2. The second-order valence-electron chi connectivity index (χ2n) is 9.55. The van der Waals surface area contributed by atoms with Gasteiger partial charge in [0, 0.05) is 56.6 Å². The van der Waals surface area contributed by atoms with E-state index in [0.717, 1.165) is 50.5 Å². The Labute approximate surface area is 192 Å². The van der Waals surface area contributed by atoms with Crippen LogP contribution in [0.3, 0.4) is 0 Å². The average Bonchev–Trinajstić information content (AvgIpc) is 2.80. The predicted octanol–water partition coefficient (Wildman–Crippen LogP) is 3.67. The number of benzene rings is 1. The highest BCUT2D eigenvalue weighted by Gasteiger charge is 2.43. The fourth-order valence-electron chi connectivity index (χ4n) is 5.64. The van der Waals surface area contributed by atoms with E-state index in [4.69, 9.17) is 0 Å². The van der Waals surface area contributed by atoms with Crippen LogP contribution in [-0.4, -0.2) is 73.7 Å². The largest absolute Gasteiger partial charge is 0.330 e. The highest BCUT2D eigenvalue weighted by molar-refractivity contribution is 7.83. The Morgan fingerprint density at radius 2 is 1.74 bits per heavy atom. The first-order valence-corrected chi connectivity index (χ1v) is 12.1. The number of hydrazine groups is 1. The van der Waals surface area contributed by atoms with E-state index in [9.17, 15) is 4.79 Å². The second kappa shape index (κ2) is 9.43. The molecule has 0 bridgehead atoms. The maximum atomic E-state index is 12.7. The first-order chi connectivity index (χ1) is 14.9. The third kappa shape index (κ3) is 4.59. The molecule has 3 aliphatic heterocycles. The number of hydrogen-bond donors (Lipinski definition) is 2. The Morgan fingerprint density at radius 3 is 2.39 bits per heavy atom. The lowest BCUT2D eigenvalue weighted by molar-refractivity contribution is 0.0538. The van der Waals surface area contributed by atoms with Gasteiger partial charge < -0.3 is 15.2 Å². The van der Waals surface area contributed by atoms with Gasteiger partial charge in [0.05, 0.1) is 0 Å². The van der Waals surface area contributed by atoms with Crippen molar-refractivity contribution in [3.8, 4) is 0 Å². The molecule has 2 fully saturated rings. The van der Waals surface area contributed by atoms with Gasteiger partial charge in [-0.05, 0) is 69.2 Å². The van der Waals surface area contributed by atoms with Gasteiger partial charge >= 0.3 is 6.03 Å². The summed E-state index contributed by atoms with van der Waals surface area (Å²) in [6.45, 7) is 7.34. The zero-order chi connectivity index (χ0) is 22.0. The number of piperidine rings is 2. The van der Waals surface area contributed by atoms with Gasteiger partial charge in [-0.2, -0.15) is 0 Å². The van der Waals surface area contributed by atoms with E-state index in [-0.39, 0.29) is 11.4 Å². The molecule has 0 aliphatic carbocycles. The van der Waals surface area contributed by atoms with Crippen molar-refractivity contribution in [3.63, 3.8) is 0 Å². The molecule has 1 aromatic rings. The Balaban J connectivity index is 1.40. The van der Waals surface area contributed by atoms with Crippen molar-refractivity contribution in [2.45, 2.75) is 50.5 Å². The molecule has 2 saturated heterocycles. The van der Waals surface area contributed by atoms with Crippen molar-refractivity contribution >= 4 is 24.3 Å². The van der Waals surface area contributed by atoms with Gasteiger partial charge in [-0.1, -0.05) is 18.2 Å². The molecule has 0 saturated carbocycles. The fourth-order valence-corrected chi connectivity index (χ4v) is 5.69. The summed E-state index contributed by atoms with van der Waals surface area (Å²) >= 11 is 4.23. The van der Waals surface area contributed by atoms with E-state index >= 15 is 0 Å². The Bertz CT molecular complexity index is 810. The molecule has 3 aliphatic rings. The predicted molar refractivity (Wildman–Crippen MR) is 130 cm³/mol. The number of nitrogens with one attached hydrogen (secondary N) is 1. The Kier molecular flexibility index (Phi) is 6.84. The van der Waals surface area contributed by atoms with E-state index in [1.54, 1.807) is 4.90 Å². The molecule has 31 heavy (non-hydrogen) atoms. The molecule has 1 N–H and O–H groups in total. The number of urea groups is 1. The van der Waals surface area contributed by atoms with Gasteiger partial charge in [0.2, 0.25) is 0 Å². The number of thiol groups is 1. The molecule has 2 amide bonds. The van der Waals surface area contributed by atoms with Crippen molar-refractivity contribution in [2.75, 3.05) is 51.7 Å². The summed E-state index contributed by atoms with van der Waals surface area (Å²) in [5.74, 6) is 0. The van der Waals surface area contributed by atoms with Crippen LogP contribution in [0.1, 0.15) is 44.6 Å². The standard InChI is InChI=1S/C24H37N5OS/c1-19(18-31)25-28-13-8-20(9-14-28)27-15-10-24(11-16-27)12-17-29(23(30)26(2)3)22-7-5-4-6-21(22)24/h4-7,18,20,25,31H,8-17H2,1-3H3/b19-18-. The summed E-state index contributed by atoms with van der Waals surface area (Å²) in [4.78, 5) is 19.1. The van der Waals surface area contributed by atoms with Gasteiger partial charge in [-0.3, -0.25) is 4.90 Å². The number of para-hydroxylation sites is 1. The quantitative estimate of drug-likeness (QED) is 0.700. The minimum absolute atomic E-state index is 0.0862. The monoisotopic (exact) mass is 443 g/mol. The number of nitrogens with zero attached hydrogens (tertiary/aromatic N) is 4. The summed E-state index contributed by atoms with van der Waals surface area (Å²) in [5, 5.41) is 4.14. The number of hydrogen-bond acceptors (Lipinski definition) is 5. The van der Waals surface area contributed by atoms with Crippen LogP contribution in [0.15, 0.2) is 35.4 Å². The molecule has 6 nitrogen and oxygen atoms in total. The number of allylic oxidation sites excluding steroid dienone is 1. The third-order valence-corrected chi connectivity index (χ3v) is 7.85. The number of likely N-dealkylation sites (tertiary alicyclic amines) is 1. The second-order valence-corrected chi connectivity index (χ2v) is 9.81. The van der Waals surface area contributed by atoms with E-state index in [1.807, 2.05) is 24.4 Å². The highest BCUT2D eigenvalue weighted by Crippen LogP contribution is 2.47.